The smallest absolute Gasteiger partial charge is 0.340 e. The summed E-state index contributed by atoms with van der Waals surface area (Å²) in [7, 11) is 1.07. The van der Waals surface area contributed by atoms with Crippen molar-refractivity contribution in [1.29, 1.82) is 0 Å². The van der Waals surface area contributed by atoms with Crippen molar-refractivity contribution in [2.75, 3.05) is 12.4 Å². The van der Waals surface area contributed by atoms with E-state index in [1.165, 1.54) is 6.92 Å². The number of benzene rings is 2. The van der Waals surface area contributed by atoms with E-state index in [0.717, 1.165) is 18.7 Å². The summed E-state index contributed by atoms with van der Waals surface area (Å²) in [5, 5.41) is 2.27. The van der Waals surface area contributed by atoms with Gasteiger partial charge >= 0.3 is 5.97 Å². The van der Waals surface area contributed by atoms with Gasteiger partial charge in [0.1, 0.15) is 17.4 Å². The minimum absolute atomic E-state index is 0.342. The van der Waals surface area contributed by atoms with Crippen LogP contribution in [0.15, 0.2) is 36.4 Å². The molecule has 132 valence electrons. The van der Waals surface area contributed by atoms with Crippen LogP contribution in [0.1, 0.15) is 22.8 Å². The lowest BCUT2D eigenvalue weighted by Crippen LogP contribution is -2.30. The molecule has 0 aliphatic heterocycles. The molecule has 1 atom stereocenters. The van der Waals surface area contributed by atoms with E-state index in [2.05, 4.69) is 10.1 Å². The molecule has 0 aromatic heterocycles. The predicted octanol–water partition coefficient (Wildman–Crippen LogP) is 3.47. The second-order valence-corrected chi connectivity index (χ2v) is 5.37. The van der Waals surface area contributed by atoms with Crippen molar-refractivity contribution in [2.24, 2.45) is 0 Å². The monoisotopic (exact) mass is 349 g/mol. The molecule has 1 amide bonds. The van der Waals surface area contributed by atoms with Gasteiger partial charge in [-0.2, -0.15) is 0 Å². The minimum Gasteiger partial charge on any atom is -0.481 e. The Kier molecular flexibility index (Phi) is 5.69. The first-order valence-electron chi connectivity index (χ1n) is 7.43. The van der Waals surface area contributed by atoms with Crippen LogP contribution in [0.3, 0.4) is 0 Å². The molecule has 0 spiro atoms. The number of aryl methyl sites for hydroxylation is 1. The molecular formula is C18H17F2NO4. The molecular weight excluding hydrogens is 332 g/mol. The normalized spacial score (nSPS) is 11.6. The number of rotatable bonds is 5. The first-order valence-corrected chi connectivity index (χ1v) is 7.43. The number of methoxy groups -OCH3 is 1. The molecule has 0 fully saturated rings. The summed E-state index contributed by atoms with van der Waals surface area (Å²) < 4.78 is 37.3. The fourth-order valence-electron chi connectivity index (χ4n) is 2.02. The molecule has 0 radical (unpaired) electrons. The highest BCUT2D eigenvalue weighted by atomic mass is 19.1. The Balaban J connectivity index is 2.13. The quantitative estimate of drug-likeness (QED) is 0.840. The van der Waals surface area contributed by atoms with Gasteiger partial charge in [-0.25, -0.2) is 13.6 Å². The largest absolute Gasteiger partial charge is 0.481 e. The Morgan fingerprint density at radius 2 is 1.72 bits per heavy atom. The maximum atomic E-state index is 13.8. The van der Waals surface area contributed by atoms with Gasteiger partial charge in [-0.3, -0.25) is 4.79 Å². The fraction of sp³-hybridized carbons (Fsp3) is 0.222. The zero-order valence-corrected chi connectivity index (χ0v) is 13.9. The number of carbonyl (C=O) groups excluding carboxylic acids is 2. The van der Waals surface area contributed by atoms with E-state index < -0.39 is 35.2 Å². The van der Waals surface area contributed by atoms with Crippen molar-refractivity contribution in [3.05, 3.63) is 59.2 Å². The first kappa shape index (κ1) is 18.4. The number of hydrogen-bond donors (Lipinski definition) is 1. The summed E-state index contributed by atoms with van der Waals surface area (Å²) in [5.41, 5.74) is 0.214. The summed E-state index contributed by atoms with van der Waals surface area (Å²) in [4.78, 5) is 23.6. The lowest BCUT2D eigenvalue weighted by Gasteiger charge is -2.15. The van der Waals surface area contributed by atoms with Crippen LogP contribution in [0, 0.1) is 18.6 Å². The fourth-order valence-corrected chi connectivity index (χ4v) is 2.02. The maximum absolute atomic E-state index is 13.8. The standard InChI is InChI=1S/C18H17F2NO4/c1-10-4-6-12(7-5-10)25-11(2)17(22)21-16-8-13(18(23)24-3)14(19)9-15(16)20/h4-9,11H,1-3H3,(H,21,22)/t11-/m0/s1. The summed E-state index contributed by atoms with van der Waals surface area (Å²) in [6.45, 7) is 3.40. The highest BCUT2D eigenvalue weighted by Gasteiger charge is 2.20. The van der Waals surface area contributed by atoms with Crippen LogP contribution in [0.4, 0.5) is 14.5 Å². The van der Waals surface area contributed by atoms with Gasteiger partial charge in [0.25, 0.3) is 5.91 Å². The van der Waals surface area contributed by atoms with Crippen molar-refractivity contribution in [3.8, 4) is 5.75 Å². The lowest BCUT2D eigenvalue weighted by molar-refractivity contribution is -0.122. The lowest BCUT2D eigenvalue weighted by atomic mass is 10.1. The molecule has 0 aliphatic carbocycles. The molecule has 7 heteroatoms. The molecule has 25 heavy (non-hydrogen) atoms. The Morgan fingerprint density at radius 1 is 1.08 bits per heavy atom. The van der Waals surface area contributed by atoms with Crippen LogP contribution >= 0.6 is 0 Å². The highest BCUT2D eigenvalue weighted by molar-refractivity contribution is 5.96. The van der Waals surface area contributed by atoms with Crippen molar-refractivity contribution in [1.82, 2.24) is 0 Å². The average Bonchev–Trinajstić information content (AvgIpc) is 2.58. The van der Waals surface area contributed by atoms with E-state index >= 15 is 0 Å². The molecule has 2 aromatic rings. The zero-order chi connectivity index (χ0) is 18.6. The van der Waals surface area contributed by atoms with Gasteiger partial charge in [-0.1, -0.05) is 17.7 Å². The Hall–Kier alpha value is -2.96. The summed E-state index contributed by atoms with van der Waals surface area (Å²) in [6, 6.07) is 8.44. The van der Waals surface area contributed by atoms with Gasteiger partial charge in [0.05, 0.1) is 18.4 Å². The van der Waals surface area contributed by atoms with Crippen LogP contribution in [-0.2, 0) is 9.53 Å². The predicted molar refractivity (Wildman–Crippen MR) is 87.6 cm³/mol. The van der Waals surface area contributed by atoms with E-state index in [4.69, 9.17) is 4.74 Å². The summed E-state index contributed by atoms with van der Waals surface area (Å²) in [6.07, 6.45) is -0.936. The molecule has 0 heterocycles. The number of nitrogens with one attached hydrogen (secondary N) is 1. The molecule has 1 N–H and O–H groups in total. The van der Waals surface area contributed by atoms with Crippen LogP contribution < -0.4 is 10.1 Å². The number of carbonyl (C=O) groups is 2. The molecule has 0 unspecified atom stereocenters. The van der Waals surface area contributed by atoms with Gasteiger partial charge in [0, 0.05) is 6.07 Å². The van der Waals surface area contributed by atoms with Crippen molar-refractivity contribution < 1.29 is 27.8 Å². The summed E-state index contributed by atoms with van der Waals surface area (Å²) in [5.74, 6) is -3.24. The molecule has 0 bridgehead atoms. The SMILES string of the molecule is COC(=O)c1cc(NC(=O)[C@H](C)Oc2ccc(C)cc2)c(F)cc1F. The van der Waals surface area contributed by atoms with E-state index in [9.17, 15) is 18.4 Å². The number of halogens is 2. The third-order valence-corrected chi connectivity index (χ3v) is 3.42. The second-order valence-electron chi connectivity index (χ2n) is 5.37. The highest BCUT2D eigenvalue weighted by Crippen LogP contribution is 2.21. The molecule has 2 aromatic carbocycles. The average molecular weight is 349 g/mol. The molecule has 0 aliphatic rings. The molecule has 2 rings (SSSR count). The Bertz CT molecular complexity index is 790. The number of hydrogen-bond acceptors (Lipinski definition) is 4. The number of ether oxygens (including phenoxy) is 2. The van der Waals surface area contributed by atoms with E-state index in [0.29, 0.717) is 11.8 Å². The van der Waals surface area contributed by atoms with Gasteiger partial charge in [0.2, 0.25) is 0 Å². The van der Waals surface area contributed by atoms with Crippen LogP contribution in [0.25, 0.3) is 0 Å². The topological polar surface area (TPSA) is 64.6 Å². The van der Waals surface area contributed by atoms with Crippen LogP contribution in [0.2, 0.25) is 0 Å². The van der Waals surface area contributed by atoms with Gasteiger partial charge in [-0.15, -0.1) is 0 Å². The Morgan fingerprint density at radius 3 is 2.32 bits per heavy atom. The minimum atomic E-state index is -1.08. The van der Waals surface area contributed by atoms with Gasteiger partial charge in [0.15, 0.2) is 6.10 Å². The number of esters is 1. The van der Waals surface area contributed by atoms with Crippen molar-refractivity contribution >= 4 is 17.6 Å². The number of amides is 1. The third-order valence-electron chi connectivity index (χ3n) is 3.42. The van der Waals surface area contributed by atoms with Gasteiger partial charge < -0.3 is 14.8 Å². The summed E-state index contributed by atoms with van der Waals surface area (Å²) >= 11 is 0. The maximum Gasteiger partial charge on any atom is 0.340 e. The van der Waals surface area contributed by atoms with Crippen molar-refractivity contribution in [2.45, 2.75) is 20.0 Å². The first-order chi connectivity index (χ1) is 11.8. The van der Waals surface area contributed by atoms with E-state index in [1.807, 2.05) is 19.1 Å². The molecule has 5 nitrogen and oxygen atoms in total. The Labute approximate surface area is 143 Å². The van der Waals surface area contributed by atoms with E-state index in [1.54, 1.807) is 12.1 Å². The van der Waals surface area contributed by atoms with Crippen LogP contribution in [0.5, 0.6) is 5.75 Å². The number of anilines is 1. The zero-order valence-electron chi connectivity index (χ0n) is 13.9. The molecule has 0 saturated heterocycles. The second kappa shape index (κ2) is 7.74. The van der Waals surface area contributed by atoms with E-state index in [-0.39, 0.29) is 5.69 Å². The molecule has 0 saturated carbocycles. The van der Waals surface area contributed by atoms with Crippen LogP contribution in [-0.4, -0.2) is 25.1 Å². The van der Waals surface area contributed by atoms with Gasteiger partial charge in [-0.05, 0) is 32.0 Å². The van der Waals surface area contributed by atoms with Crippen molar-refractivity contribution in [3.63, 3.8) is 0 Å². The third kappa shape index (κ3) is 4.53.